The number of carbonyl (C=O) groups is 1. The monoisotopic (exact) mass is 771 g/mol. The molecule has 306 valence electrons. The van der Waals surface area contributed by atoms with Crippen LogP contribution in [0.5, 0.6) is 0 Å². The molecule has 10 heteroatoms. The standard InChI is InChI=1S/C21H42O4Si.C21H40O4Si/c2*1-15(17(3)25-26(9,10)20(4,5)6)11-12-16(2)19-18(13-14-22)23-21(7,8)24-19/h11-12,15-19,22H,13-14H2,1-10H3;11-12,14-19H,13H2,1-10H3/b2*12-11-/t2*15-,16?,17+,18+,19-/m11/s1. The van der Waals surface area contributed by atoms with E-state index in [2.05, 4.69) is 134 Å². The first-order chi connectivity index (χ1) is 23.4. The maximum absolute atomic E-state index is 10.9. The molecule has 2 fully saturated rings. The molecule has 2 saturated heterocycles. The van der Waals surface area contributed by atoms with Crippen LogP contribution in [0, 0.1) is 23.7 Å². The highest BCUT2D eigenvalue weighted by molar-refractivity contribution is 6.74. The summed E-state index contributed by atoms with van der Waals surface area (Å²) in [5, 5.41) is 9.72. The predicted molar refractivity (Wildman–Crippen MR) is 220 cm³/mol. The van der Waals surface area contributed by atoms with Crippen molar-refractivity contribution in [3.63, 3.8) is 0 Å². The van der Waals surface area contributed by atoms with Crippen LogP contribution in [0.3, 0.4) is 0 Å². The minimum absolute atomic E-state index is 0.0304. The number of aliphatic hydroxyl groups excluding tert-OH is 1. The predicted octanol–water partition coefficient (Wildman–Crippen LogP) is 10.5. The molecule has 2 rings (SSSR count). The summed E-state index contributed by atoms with van der Waals surface area (Å²) >= 11 is 0. The first kappa shape index (κ1) is 49.3. The van der Waals surface area contributed by atoms with Gasteiger partial charge in [0.05, 0.1) is 24.4 Å². The second kappa shape index (κ2) is 19.4. The Hall–Kier alpha value is -0.696. The molecule has 2 unspecified atom stereocenters. The van der Waals surface area contributed by atoms with E-state index in [0.29, 0.717) is 24.7 Å². The summed E-state index contributed by atoms with van der Waals surface area (Å²) in [5.74, 6) is -0.188. The van der Waals surface area contributed by atoms with Gasteiger partial charge in [0.25, 0.3) is 0 Å². The molecular weight excluding hydrogens is 689 g/mol. The molecular formula is C42H82O8Si2. The van der Waals surface area contributed by atoms with Crippen molar-refractivity contribution >= 4 is 22.9 Å². The van der Waals surface area contributed by atoms with Gasteiger partial charge in [-0.25, -0.2) is 0 Å². The molecule has 0 aromatic carbocycles. The van der Waals surface area contributed by atoms with E-state index in [4.69, 9.17) is 27.8 Å². The third-order valence-corrected chi connectivity index (χ3v) is 20.9. The Bertz CT molecular complexity index is 1140. The molecule has 2 heterocycles. The van der Waals surface area contributed by atoms with Crippen LogP contribution in [0.2, 0.25) is 36.3 Å². The summed E-state index contributed by atoms with van der Waals surface area (Å²) in [6.07, 6.45) is 10.7. The molecule has 0 saturated carbocycles. The van der Waals surface area contributed by atoms with Gasteiger partial charge in [0.1, 0.15) is 6.29 Å². The van der Waals surface area contributed by atoms with E-state index >= 15 is 0 Å². The SMILES string of the molecule is CC(/C=C\[C@@H](C)[C@H](C)O[Si](C)(C)C(C)(C)C)[C@H]1OC(C)(C)O[C@H]1CC=O.CC(/C=C\[C@@H](C)[C@H](C)O[Si](C)(C)C(C)(C)C)[C@H]1OC(C)(C)O[C@H]1CCO. The molecule has 0 spiro atoms. The first-order valence-electron chi connectivity index (χ1n) is 19.9. The highest BCUT2D eigenvalue weighted by Gasteiger charge is 2.44. The Morgan fingerprint density at radius 3 is 1.31 bits per heavy atom. The van der Waals surface area contributed by atoms with Crippen molar-refractivity contribution in [2.24, 2.45) is 23.7 Å². The molecule has 52 heavy (non-hydrogen) atoms. The molecule has 0 bridgehead atoms. The third kappa shape index (κ3) is 15.1. The minimum Gasteiger partial charge on any atom is -0.414 e. The minimum atomic E-state index is -1.77. The largest absolute Gasteiger partial charge is 0.414 e. The summed E-state index contributed by atoms with van der Waals surface area (Å²) in [6, 6.07) is 0. The lowest BCUT2D eigenvalue weighted by atomic mass is 9.95. The average Bonchev–Trinajstić information content (AvgIpc) is 3.46. The van der Waals surface area contributed by atoms with Crippen LogP contribution < -0.4 is 0 Å². The number of hydrogen-bond donors (Lipinski definition) is 1. The van der Waals surface area contributed by atoms with E-state index in [1.165, 1.54) is 0 Å². The van der Waals surface area contributed by atoms with Gasteiger partial charge in [-0.1, -0.05) is 93.5 Å². The zero-order valence-corrected chi connectivity index (χ0v) is 39.1. The Morgan fingerprint density at radius 2 is 0.981 bits per heavy atom. The normalized spacial score (nSPS) is 27.6. The molecule has 10 atom stereocenters. The van der Waals surface area contributed by atoms with Gasteiger partial charge in [-0.15, -0.1) is 0 Å². The maximum Gasteiger partial charge on any atom is 0.192 e. The van der Waals surface area contributed by atoms with E-state index in [9.17, 15) is 9.90 Å². The first-order valence-corrected chi connectivity index (χ1v) is 25.7. The summed E-state index contributed by atoms with van der Waals surface area (Å²) in [7, 11) is -3.53. The highest BCUT2D eigenvalue weighted by atomic mass is 28.4. The molecule has 0 radical (unpaired) electrons. The summed E-state index contributed by atoms with van der Waals surface area (Å²) < 4.78 is 37.0. The second-order valence-electron chi connectivity index (χ2n) is 19.6. The maximum atomic E-state index is 10.9. The summed E-state index contributed by atoms with van der Waals surface area (Å²) in [4.78, 5) is 10.9. The molecule has 1 N–H and O–H groups in total. The van der Waals surface area contributed by atoms with Crippen LogP contribution in [-0.2, 0) is 32.6 Å². The van der Waals surface area contributed by atoms with Crippen LogP contribution >= 0.6 is 0 Å². The van der Waals surface area contributed by atoms with E-state index in [-0.39, 0.29) is 65.1 Å². The zero-order valence-electron chi connectivity index (χ0n) is 37.1. The van der Waals surface area contributed by atoms with E-state index in [1.807, 2.05) is 27.7 Å². The molecule has 0 amide bonds. The van der Waals surface area contributed by atoms with Crippen molar-refractivity contribution in [3.8, 4) is 0 Å². The summed E-state index contributed by atoms with van der Waals surface area (Å²) in [6.45, 7) is 43.6. The number of rotatable bonds is 16. The molecule has 2 aliphatic rings. The average molecular weight is 771 g/mol. The number of aliphatic hydroxyl groups is 1. The molecule has 0 aliphatic carbocycles. The smallest absolute Gasteiger partial charge is 0.192 e. The Kier molecular flexibility index (Phi) is 18.4. The topological polar surface area (TPSA) is 92.7 Å². The van der Waals surface area contributed by atoms with Crippen LogP contribution in [0.1, 0.15) is 124 Å². The second-order valence-corrected chi connectivity index (χ2v) is 29.1. The fourth-order valence-electron chi connectivity index (χ4n) is 5.98. The molecule has 0 aromatic rings. The van der Waals surface area contributed by atoms with Gasteiger partial charge in [0.2, 0.25) is 0 Å². The van der Waals surface area contributed by atoms with Crippen molar-refractivity contribution < 1.29 is 37.7 Å². The van der Waals surface area contributed by atoms with E-state index in [0.717, 1.165) is 6.29 Å². The molecule has 0 aromatic heterocycles. The van der Waals surface area contributed by atoms with Gasteiger partial charge >= 0.3 is 0 Å². The van der Waals surface area contributed by atoms with Crippen LogP contribution in [0.4, 0.5) is 0 Å². The van der Waals surface area contributed by atoms with E-state index < -0.39 is 28.2 Å². The Labute approximate surface area is 322 Å². The van der Waals surface area contributed by atoms with Crippen molar-refractivity contribution in [1.82, 2.24) is 0 Å². The number of hydrogen-bond acceptors (Lipinski definition) is 8. The number of aldehydes is 1. The van der Waals surface area contributed by atoms with Gasteiger partial charge in [-0.05, 0) is 96.1 Å². The van der Waals surface area contributed by atoms with Crippen molar-refractivity contribution in [2.75, 3.05) is 6.61 Å². The van der Waals surface area contributed by atoms with Crippen LogP contribution in [0.25, 0.3) is 0 Å². The van der Waals surface area contributed by atoms with Crippen molar-refractivity contribution in [2.45, 2.75) is 208 Å². The van der Waals surface area contributed by atoms with Gasteiger partial charge < -0.3 is 37.7 Å². The number of ether oxygens (including phenoxy) is 4. The highest BCUT2D eigenvalue weighted by Crippen LogP contribution is 2.40. The molecule has 8 nitrogen and oxygen atoms in total. The van der Waals surface area contributed by atoms with Crippen molar-refractivity contribution in [1.29, 1.82) is 0 Å². The zero-order chi connectivity index (χ0) is 40.7. The molecule has 2 aliphatic heterocycles. The lowest BCUT2D eigenvalue weighted by molar-refractivity contribution is -0.150. The third-order valence-electron chi connectivity index (χ3n) is 11.7. The van der Waals surface area contributed by atoms with Crippen molar-refractivity contribution in [3.05, 3.63) is 24.3 Å². The van der Waals surface area contributed by atoms with Gasteiger partial charge in [-0.2, -0.15) is 0 Å². The number of carbonyl (C=O) groups excluding carboxylic acids is 1. The lowest BCUT2D eigenvalue weighted by Crippen LogP contribution is -2.44. The quantitative estimate of drug-likeness (QED) is 0.0942. The fraction of sp³-hybridized carbons (Fsp3) is 0.881. The van der Waals surface area contributed by atoms with Gasteiger partial charge in [-0.3, -0.25) is 0 Å². The Morgan fingerprint density at radius 1 is 0.635 bits per heavy atom. The van der Waals surface area contributed by atoms with Crippen LogP contribution in [0.15, 0.2) is 24.3 Å². The Balaban J connectivity index is 0.000000520. The van der Waals surface area contributed by atoms with Gasteiger partial charge in [0.15, 0.2) is 28.2 Å². The van der Waals surface area contributed by atoms with E-state index in [1.54, 1.807) is 0 Å². The van der Waals surface area contributed by atoms with Crippen LogP contribution in [-0.4, -0.2) is 82.8 Å². The lowest BCUT2D eigenvalue weighted by Gasteiger charge is -2.39. The summed E-state index contributed by atoms with van der Waals surface area (Å²) in [5.41, 5.74) is 0. The fourth-order valence-corrected chi connectivity index (χ4v) is 8.97. The van der Waals surface area contributed by atoms with Gasteiger partial charge in [0, 0.05) is 37.1 Å².